The van der Waals surface area contributed by atoms with Gasteiger partial charge in [-0.25, -0.2) is 0 Å². The molecule has 0 saturated carbocycles. The molecule has 0 spiro atoms. The van der Waals surface area contributed by atoms with Gasteiger partial charge in [-0.05, 0) is 23.6 Å². The van der Waals surface area contributed by atoms with E-state index in [-0.39, 0.29) is 0 Å². The second kappa shape index (κ2) is 7.62. The Bertz CT molecular complexity index is 369. The summed E-state index contributed by atoms with van der Waals surface area (Å²) in [5, 5.41) is 4.12. The Morgan fingerprint density at radius 1 is 1.28 bits per heavy atom. The molecule has 0 amide bonds. The van der Waals surface area contributed by atoms with Gasteiger partial charge in [0, 0.05) is 19.7 Å². The second-order valence-electron chi connectivity index (χ2n) is 4.66. The van der Waals surface area contributed by atoms with Gasteiger partial charge in [0.05, 0.1) is 18.7 Å². The third-order valence-electron chi connectivity index (χ3n) is 2.94. The standard InChI is InChI=1S/C14H22ClNO2/c1-10(2)13(9-17-3)16-8-11-5-6-14(18-4)12(15)7-11/h5-7,10,13,16H,8-9H2,1-4H3. The van der Waals surface area contributed by atoms with E-state index >= 15 is 0 Å². The highest BCUT2D eigenvalue weighted by Crippen LogP contribution is 2.24. The van der Waals surface area contributed by atoms with E-state index in [1.165, 1.54) is 0 Å². The van der Waals surface area contributed by atoms with E-state index in [2.05, 4.69) is 19.2 Å². The Morgan fingerprint density at radius 3 is 2.50 bits per heavy atom. The molecule has 0 heterocycles. The van der Waals surface area contributed by atoms with Crippen molar-refractivity contribution in [2.45, 2.75) is 26.4 Å². The van der Waals surface area contributed by atoms with Crippen molar-refractivity contribution < 1.29 is 9.47 Å². The lowest BCUT2D eigenvalue weighted by molar-refractivity contribution is 0.146. The summed E-state index contributed by atoms with van der Waals surface area (Å²) in [6.07, 6.45) is 0. The maximum absolute atomic E-state index is 6.09. The Morgan fingerprint density at radius 2 is 2.00 bits per heavy atom. The average molecular weight is 272 g/mol. The molecule has 0 saturated heterocycles. The van der Waals surface area contributed by atoms with Gasteiger partial charge in [-0.2, -0.15) is 0 Å². The van der Waals surface area contributed by atoms with Crippen LogP contribution in [0, 0.1) is 5.92 Å². The van der Waals surface area contributed by atoms with Crippen molar-refractivity contribution in [2.24, 2.45) is 5.92 Å². The van der Waals surface area contributed by atoms with Gasteiger partial charge in [0.1, 0.15) is 5.75 Å². The van der Waals surface area contributed by atoms with Gasteiger partial charge in [0.25, 0.3) is 0 Å². The molecule has 1 aromatic carbocycles. The van der Waals surface area contributed by atoms with E-state index in [4.69, 9.17) is 21.1 Å². The molecule has 0 bridgehead atoms. The van der Waals surface area contributed by atoms with E-state index < -0.39 is 0 Å². The third kappa shape index (κ3) is 4.48. The first-order chi connectivity index (χ1) is 8.58. The van der Waals surface area contributed by atoms with Crippen LogP contribution in [0.3, 0.4) is 0 Å². The Kier molecular flexibility index (Phi) is 6.47. The number of halogens is 1. The number of ether oxygens (including phenoxy) is 2. The van der Waals surface area contributed by atoms with E-state index in [0.29, 0.717) is 29.3 Å². The molecule has 0 aliphatic rings. The summed E-state index contributed by atoms with van der Waals surface area (Å²) in [6.45, 7) is 5.84. The van der Waals surface area contributed by atoms with Gasteiger partial charge in [-0.3, -0.25) is 0 Å². The van der Waals surface area contributed by atoms with Crippen LogP contribution in [0.5, 0.6) is 5.75 Å². The number of hydrogen-bond acceptors (Lipinski definition) is 3. The molecule has 0 fully saturated rings. The van der Waals surface area contributed by atoms with Gasteiger partial charge >= 0.3 is 0 Å². The fourth-order valence-electron chi connectivity index (χ4n) is 1.74. The first kappa shape index (κ1) is 15.3. The predicted octanol–water partition coefficient (Wildman–Crippen LogP) is 3.11. The van der Waals surface area contributed by atoms with Crippen molar-refractivity contribution in [3.8, 4) is 5.75 Å². The molecule has 1 N–H and O–H groups in total. The van der Waals surface area contributed by atoms with E-state index in [9.17, 15) is 0 Å². The van der Waals surface area contributed by atoms with Gasteiger partial charge in [0.15, 0.2) is 0 Å². The van der Waals surface area contributed by atoms with Gasteiger partial charge in [-0.1, -0.05) is 31.5 Å². The normalized spacial score (nSPS) is 12.8. The van der Waals surface area contributed by atoms with Crippen LogP contribution in [-0.4, -0.2) is 26.9 Å². The lowest BCUT2D eigenvalue weighted by Crippen LogP contribution is -2.37. The molecule has 102 valence electrons. The maximum Gasteiger partial charge on any atom is 0.137 e. The SMILES string of the molecule is COCC(NCc1ccc(OC)c(Cl)c1)C(C)C. The van der Waals surface area contributed by atoms with Crippen LogP contribution in [0.1, 0.15) is 19.4 Å². The molecular formula is C14H22ClNO2. The number of nitrogens with one attached hydrogen (secondary N) is 1. The molecule has 0 aromatic heterocycles. The van der Waals surface area contributed by atoms with E-state index in [1.807, 2.05) is 18.2 Å². The summed E-state index contributed by atoms with van der Waals surface area (Å²) in [5.74, 6) is 1.23. The fourth-order valence-corrected chi connectivity index (χ4v) is 2.02. The Hall–Kier alpha value is -0.770. The zero-order valence-corrected chi connectivity index (χ0v) is 12.3. The maximum atomic E-state index is 6.09. The summed E-state index contributed by atoms with van der Waals surface area (Å²) in [6, 6.07) is 6.18. The smallest absolute Gasteiger partial charge is 0.137 e. The zero-order chi connectivity index (χ0) is 13.5. The number of benzene rings is 1. The molecule has 18 heavy (non-hydrogen) atoms. The predicted molar refractivity (Wildman–Crippen MR) is 75.3 cm³/mol. The molecule has 1 unspecified atom stereocenters. The van der Waals surface area contributed by atoms with Crippen LogP contribution in [0.15, 0.2) is 18.2 Å². The molecule has 1 aromatic rings. The van der Waals surface area contributed by atoms with Crippen molar-refractivity contribution in [1.29, 1.82) is 0 Å². The first-order valence-electron chi connectivity index (χ1n) is 6.13. The lowest BCUT2D eigenvalue weighted by atomic mass is 10.0. The summed E-state index contributed by atoms with van der Waals surface area (Å²) >= 11 is 6.09. The van der Waals surface area contributed by atoms with Crippen LogP contribution in [0.4, 0.5) is 0 Å². The van der Waals surface area contributed by atoms with Crippen molar-refractivity contribution in [1.82, 2.24) is 5.32 Å². The van der Waals surface area contributed by atoms with E-state index in [0.717, 1.165) is 12.1 Å². The molecule has 3 nitrogen and oxygen atoms in total. The van der Waals surface area contributed by atoms with Gasteiger partial charge < -0.3 is 14.8 Å². The number of hydrogen-bond donors (Lipinski definition) is 1. The minimum absolute atomic E-state index is 0.343. The summed E-state index contributed by atoms with van der Waals surface area (Å²) in [7, 11) is 3.34. The molecule has 0 aliphatic carbocycles. The van der Waals surface area contributed by atoms with Crippen LogP contribution in [0.25, 0.3) is 0 Å². The van der Waals surface area contributed by atoms with Crippen molar-refractivity contribution in [2.75, 3.05) is 20.8 Å². The summed E-state index contributed by atoms with van der Waals surface area (Å²) < 4.78 is 10.3. The third-order valence-corrected chi connectivity index (χ3v) is 3.23. The zero-order valence-electron chi connectivity index (χ0n) is 11.5. The molecule has 4 heteroatoms. The number of methoxy groups -OCH3 is 2. The molecule has 1 rings (SSSR count). The topological polar surface area (TPSA) is 30.5 Å². The van der Waals surface area contributed by atoms with Gasteiger partial charge in [-0.15, -0.1) is 0 Å². The second-order valence-corrected chi connectivity index (χ2v) is 5.06. The van der Waals surface area contributed by atoms with Gasteiger partial charge in [0.2, 0.25) is 0 Å². The van der Waals surface area contributed by atoms with Crippen LogP contribution in [0.2, 0.25) is 5.02 Å². The largest absolute Gasteiger partial charge is 0.495 e. The van der Waals surface area contributed by atoms with Crippen molar-refractivity contribution in [3.63, 3.8) is 0 Å². The quantitative estimate of drug-likeness (QED) is 0.827. The monoisotopic (exact) mass is 271 g/mol. The number of rotatable bonds is 7. The molecule has 0 radical (unpaired) electrons. The molecule has 1 atom stereocenters. The Balaban J connectivity index is 2.59. The Labute approximate surface area is 114 Å². The van der Waals surface area contributed by atoms with Crippen molar-refractivity contribution in [3.05, 3.63) is 28.8 Å². The first-order valence-corrected chi connectivity index (χ1v) is 6.51. The van der Waals surface area contributed by atoms with Crippen molar-refractivity contribution >= 4 is 11.6 Å². The highest BCUT2D eigenvalue weighted by atomic mass is 35.5. The van der Waals surface area contributed by atoms with E-state index in [1.54, 1.807) is 14.2 Å². The minimum Gasteiger partial charge on any atom is -0.495 e. The molecular weight excluding hydrogens is 250 g/mol. The highest BCUT2D eigenvalue weighted by Gasteiger charge is 2.12. The van der Waals surface area contributed by atoms with Crippen LogP contribution < -0.4 is 10.1 Å². The molecule has 0 aliphatic heterocycles. The average Bonchev–Trinajstić information content (AvgIpc) is 2.34. The summed E-state index contributed by atoms with van der Waals surface area (Å²) in [5.41, 5.74) is 1.14. The fraction of sp³-hybridized carbons (Fsp3) is 0.571. The highest BCUT2D eigenvalue weighted by molar-refractivity contribution is 6.32. The van der Waals surface area contributed by atoms with Crippen LogP contribution >= 0.6 is 11.6 Å². The minimum atomic E-state index is 0.343. The lowest BCUT2D eigenvalue weighted by Gasteiger charge is -2.21. The van der Waals surface area contributed by atoms with Crippen LogP contribution in [-0.2, 0) is 11.3 Å². The summed E-state index contributed by atoms with van der Waals surface area (Å²) in [4.78, 5) is 0.